The van der Waals surface area contributed by atoms with Gasteiger partial charge in [0.05, 0.1) is 34.2 Å². The highest BCUT2D eigenvalue weighted by Gasteiger charge is 2.16. The van der Waals surface area contributed by atoms with Crippen LogP contribution in [0.4, 0.5) is 0 Å². The molecule has 0 spiro atoms. The fourth-order valence-corrected chi connectivity index (χ4v) is 3.67. The number of aromatic nitrogens is 5. The van der Waals surface area contributed by atoms with Crippen LogP contribution in [0.5, 0.6) is 0 Å². The average Bonchev–Trinajstić information content (AvgIpc) is 3.35. The zero-order valence-corrected chi connectivity index (χ0v) is 17.7. The van der Waals surface area contributed by atoms with E-state index in [1.807, 2.05) is 55.1 Å². The zero-order chi connectivity index (χ0) is 21.1. The highest BCUT2D eigenvalue weighted by Crippen LogP contribution is 2.27. The number of aryl methyl sites for hydroxylation is 2. The van der Waals surface area contributed by atoms with Crippen LogP contribution in [0.15, 0.2) is 48.9 Å². The van der Waals surface area contributed by atoms with E-state index < -0.39 is 0 Å². The first kappa shape index (κ1) is 20.1. The predicted molar refractivity (Wildman–Crippen MR) is 118 cm³/mol. The summed E-state index contributed by atoms with van der Waals surface area (Å²) in [6.45, 7) is 6.08. The molecule has 30 heavy (non-hydrogen) atoms. The minimum atomic E-state index is -0.117. The first-order valence-electron chi connectivity index (χ1n) is 9.95. The monoisotopic (exact) mass is 422 g/mol. The fourth-order valence-electron chi connectivity index (χ4n) is 3.52. The summed E-state index contributed by atoms with van der Waals surface area (Å²) < 4.78 is 3.69. The lowest BCUT2D eigenvalue weighted by Gasteiger charge is -2.11. The van der Waals surface area contributed by atoms with Crippen LogP contribution in [0, 0.1) is 6.92 Å². The van der Waals surface area contributed by atoms with E-state index in [4.69, 9.17) is 16.6 Å². The molecule has 3 aromatic heterocycles. The molecule has 1 aromatic carbocycles. The molecule has 1 N–H and O–H groups in total. The van der Waals surface area contributed by atoms with Crippen molar-refractivity contribution in [2.45, 2.75) is 33.4 Å². The van der Waals surface area contributed by atoms with E-state index in [1.54, 1.807) is 17.1 Å². The van der Waals surface area contributed by atoms with Gasteiger partial charge in [0.2, 0.25) is 0 Å². The van der Waals surface area contributed by atoms with Gasteiger partial charge in [-0.3, -0.25) is 14.2 Å². The number of nitrogens with one attached hydrogen (secondary N) is 1. The lowest BCUT2D eigenvalue weighted by atomic mass is 10.0. The number of para-hydroxylation sites is 1. The van der Waals surface area contributed by atoms with E-state index in [2.05, 4.69) is 15.5 Å². The first-order chi connectivity index (χ1) is 14.6. The number of benzene rings is 1. The average molecular weight is 423 g/mol. The quantitative estimate of drug-likeness (QED) is 0.455. The number of carbonyl (C=O) groups excluding carboxylic acids is 1. The Morgan fingerprint density at radius 1 is 1.20 bits per heavy atom. The number of carbonyl (C=O) groups is 1. The molecule has 0 radical (unpaired) electrons. The standard InChI is InChI=1S/C22H23ClN6O/c1-3-29-15(2)19(13-26-29)21-11-18(17-7-4-5-8-20(17)27-21)22(30)24-9-6-10-28-14-16(23)12-25-28/h4-5,7-8,11-14H,3,6,9-10H2,1-2H3,(H,24,30). The van der Waals surface area contributed by atoms with Gasteiger partial charge in [-0.25, -0.2) is 4.98 Å². The molecule has 0 saturated carbocycles. The third-order valence-electron chi connectivity index (χ3n) is 5.09. The number of fused-ring (bicyclic) bond motifs is 1. The molecule has 0 unspecified atom stereocenters. The van der Waals surface area contributed by atoms with Crippen molar-refractivity contribution in [1.82, 2.24) is 29.9 Å². The normalized spacial score (nSPS) is 11.2. The molecule has 3 heterocycles. The summed E-state index contributed by atoms with van der Waals surface area (Å²) in [5.74, 6) is -0.117. The summed E-state index contributed by atoms with van der Waals surface area (Å²) in [6, 6.07) is 9.56. The van der Waals surface area contributed by atoms with Crippen LogP contribution in [0.3, 0.4) is 0 Å². The van der Waals surface area contributed by atoms with E-state index in [0.717, 1.165) is 40.8 Å². The van der Waals surface area contributed by atoms with E-state index >= 15 is 0 Å². The third kappa shape index (κ3) is 4.07. The van der Waals surface area contributed by atoms with Gasteiger partial charge in [-0.1, -0.05) is 29.8 Å². The molecule has 0 aliphatic heterocycles. The fraction of sp³-hybridized carbons (Fsp3) is 0.273. The van der Waals surface area contributed by atoms with Crippen LogP contribution in [-0.4, -0.2) is 37.0 Å². The second-order valence-corrected chi connectivity index (χ2v) is 7.50. The molecule has 1 amide bonds. The number of amides is 1. The van der Waals surface area contributed by atoms with Gasteiger partial charge < -0.3 is 5.32 Å². The molecule has 0 aliphatic rings. The molecule has 7 nitrogen and oxygen atoms in total. The Labute approximate surface area is 179 Å². The second-order valence-electron chi connectivity index (χ2n) is 7.06. The number of hydrogen-bond acceptors (Lipinski definition) is 4. The van der Waals surface area contributed by atoms with E-state index in [0.29, 0.717) is 23.7 Å². The molecule has 0 bridgehead atoms. The molecule has 4 aromatic rings. The van der Waals surface area contributed by atoms with Crippen LogP contribution in [0.2, 0.25) is 5.02 Å². The lowest BCUT2D eigenvalue weighted by Crippen LogP contribution is -2.25. The van der Waals surface area contributed by atoms with Crippen molar-refractivity contribution in [2.24, 2.45) is 0 Å². The molecule has 0 fully saturated rings. The van der Waals surface area contributed by atoms with Gasteiger partial charge in [-0.2, -0.15) is 10.2 Å². The minimum absolute atomic E-state index is 0.117. The molecule has 0 saturated heterocycles. The van der Waals surface area contributed by atoms with Crippen molar-refractivity contribution in [3.8, 4) is 11.3 Å². The number of nitrogens with zero attached hydrogens (tertiary/aromatic N) is 5. The predicted octanol–water partition coefficient (Wildman–Crippen LogP) is 4.10. The van der Waals surface area contributed by atoms with Crippen molar-refractivity contribution in [3.05, 3.63) is 65.2 Å². The van der Waals surface area contributed by atoms with Crippen LogP contribution in [0.1, 0.15) is 29.4 Å². The molecular formula is C22H23ClN6O. The maximum atomic E-state index is 13.0. The van der Waals surface area contributed by atoms with Crippen LogP contribution >= 0.6 is 11.6 Å². The Bertz CT molecular complexity index is 1200. The molecule has 8 heteroatoms. The Morgan fingerprint density at radius 3 is 2.77 bits per heavy atom. The van der Waals surface area contributed by atoms with E-state index in [1.165, 1.54) is 0 Å². The Balaban J connectivity index is 1.57. The summed E-state index contributed by atoms with van der Waals surface area (Å²) in [5, 5.41) is 13.0. The number of halogens is 1. The molecule has 4 rings (SSSR count). The maximum Gasteiger partial charge on any atom is 0.252 e. The van der Waals surface area contributed by atoms with Crippen LogP contribution < -0.4 is 5.32 Å². The van der Waals surface area contributed by atoms with Crippen molar-refractivity contribution in [2.75, 3.05) is 6.54 Å². The van der Waals surface area contributed by atoms with Crippen molar-refractivity contribution >= 4 is 28.4 Å². The molecular weight excluding hydrogens is 400 g/mol. The number of hydrogen-bond donors (Lipinski definition) is 1. The van der Waals surface area contributed by atoms with Gasteiger partial charge in [-0.15, -0.1) is 0 Å². The summed E-state index contributed by atoms with van der Waals surface area (Å²) in [7, 11) is 0. The van der Waals surface area contributed by atoms with Gasteiger partial charge in [0, 0.05) is 42.5 Å². The van der Waals surface area contributed by atoms with Gasteiger partial charge in [0.15, 0.2) is 0 Å². The van der Waals surface area contributed by atoms with Crippen LogP contribution in [-0.2, 0) is 13.1 Å². The highest BCUT2D eigenvalue weighted by atomic mass is 35.5. The number of pyridine rings is 1. The Hall–Kier alpha value is -3.19. The zero-order valence-electron chi connectivity index (χ0n) is 17.0. The van der Waals surface area contributed by atoms with E-state index in [9.17, 15) is 4.79 Å². The largest absolute Gasteiger partial charge is 0.352 e. The van der Waals surface area contributed by atoms with E-state index in [-0.39, 0.29) is 5.91 Å². The Morgan fingerprint density at radius 2 is 2.03 bits per heavy atom. The maximum absolute atomic E-state index is 13.0. The molecule has 0 aliphatic carbocycles. The molecule has 154 valence electrons. The summed E-state index contributed by atoms with van der Waals surface area (Å²) in [5.41, 5.74) is 4.12. The highest BCUT2D eigenvalue weighted by molar-refractivity contribution is 6.30. The minimum Gasteiger partial charge on any atom is -0.352 e. The molecule has 0 atom stereocenters. The second kappa shape index (κ2) is 8.67. The SMILES string of the molecule is CCn1ncc(-c2cc(C(=O)NCCCn3cc(Cl)cn3)c3ccccc3n2)c1C. The lowest BCUT2D eigenvalue weighted by molar-refractivity contribution is 0.0954. The summed E-state index contributed by atoms with van der Waals surface area (Å²) in [4.78, 5) is 17.8. The Kier molecular flexibility index (Phi) is 5.81. The van der Waals surface area contributed by atoms with Crippen molar-refractivity contribution < 1.29 is 4.79 Å². The third-order valence-corrected chi connectivity index (χ3v) is 5.29. The summed E-state index contributed by atoms with van der Waals surface area (Å²) in [6.07, 6.45) is 5.94. The topological polar surface area (TPSA) is 77.6 Å². The smallest absolute Gasteiger partial charge is 0.252 e. The van der Waals surface area contributed by atoms with Gasteiger partial charge in [-0.05, 0) is 32.4 Å². The first-order valence-corrected chi connectivity index (χ1v) is 10.3. The van der Waals surface area contributed by atoms with Crippen molar-refractivity contribution in [3.63, 3.8) is 0 Å². The van der Waals surface area contributed by atoms with Crippen molar-refractivity contribution in [1.29, 1.82) is 0 Å². The van der Waals surface area contributed by atoms with Gasteiger partial charge in [0.25, 0.3) is 5.91 Å². The summed E-state index contributed by atoms with van der Waals surface area (Å²) >= 11 is 5.88. The van der Waals surface area contributed by atoms with Crippen LogP contribution in [0.25, 0.3) is 22.2 Å². The van der Waals surface area contributed by atoms with Gasteiger partial charge in [0.1, 0.15) is 0 Å². The van der Waals surface area contributed by atoms with Gasteiger partial charge >= 0.3 is 0 Å². The number of rotatable bonds is 7.